The molecular formula is C23H20O3. The maximum atomic E-state index is 11.1. The largest absolute Gasteiger partial charge is 0.507 e. The van der Waals surface area contributed by atoms with Crippen LogP contribution in [0, 0.1) is 0 Å². The second-order valence-corrected chi connectivity index (χ2v) is 7.11. The lowest BCUT2D eigenvalue weighted by atomic mass is 9.86. The molecule has 4 aromatic rings. The molecule has 0 atom stereocenters. The van der Waals surface area contributed by atoms with Gasteiger partial charge in [-0.2, -0.15) is 0 Å². The number of aromatic hydroxyl groups is 2. The molecule has 0 bridgehead atoms. The standard InChI is InChI=1S/C23H20O3/c1-23(2,26)18-13-15-8-4-6-10-17(15)21(22(18)25)20-16-9-5-3-7-14(16)11-12-19(20)24/h3-13,24-26H,1-2H3. The van der Waals surface area contributed by atoms with Crippen molar-refractivity contribution in [2.24, 2.45) is 0 Å². The third-order valence-corrected chi connectivity index (χ3v) is 4.84. The molecule has 0 aliphatic heterocycles. The minimum atomic E-state index is -1.22. The summed E-state index contributed by atoms with van der Waals surface area (Å²) < 4.78 is 0. The average molecular weight is 344 g/mol. The van der Waals surface area contributed by atoms with E-state index in [4.69, 9.17) is 0 Å². The predicted octanol–water partition coefficient (Wildman–Crippen LogP) is 5.30. The van der Waals surface area contributed by atoms with E-state index in [0.29, 0.717) is 16.7 Å². The maximum absolute atomic E-state index is 11.1. The van der Waals surface area contributed by atoms with Gasteiger partial charge in [0.2, 0.25) is 0 Å². The van der Waals surface area contributed by atoms with Gasteiger partial charge in [0, 0.05) is 16.7 Å². The fourth-order valence-electron chi connectivity index (χ4n) is 3.58. The smallest absolute Gasteiger partial charge is 0.130 e. The first-order valence-corrected chi connectivity index (χ1v) is 8.56. The van der Waals surface area contributed by atoms with Crippen molar-refractivity contribution in [2.45, 2.75) is 19.4 Å². The Bertz CT molecular complexity index is 1140. The highest BCUT2D eigenvalue weighted by Crippen LogP contribution is 2.47. The SMILES string of the molecule is CC(C)(O)c1cc2ccccc2c(-c2c(O)ccc3ccccc23)c1O. The van der Waals surface area contributed by atoms with E-state index in [9.17, 15) is 15.3 Å². The van der Waals surface area contributed by atoms with Crippen molar-refractivity contribution < 1.29 is 15.3 Å². The number of hydrogen-bond acceptors (Lipinski definition) is 3. The highest BCUT2D eigenvalue weighted by molar-refractivity contribution is 6.10. The van der Waals surface area contributed by atoms with Gasteiger partial charge < -0.3 is 15.3 Å². The Labute approximate surface area is 151 Å². The lowest BCUT2D eigenvalue weighted by molar-refractivity contribution is 0.0761. The van der Waals surface area contributed by atoms with Gasteiger partial charge in [0.05, 0.1) is 5.60 Å². The Morgan fingerprint density at radius 2 is 1.27 bits per heavy atom. The van der Waals surface area contributed by atoms with Crippen molar-refractivity contribution in [2.75, 3.05) is 0 Å². The monoisotopic (exact) mass is 344 g/mol. The van der Waals surface area contributed by atoms with E-state index < -0.39 is 5.60 Å². The van der Waals surface area contributed by atoms with Crippen LogP contribution in [-0.4, -0.2) is 15.3 Å². The van der Waals surface area contributed by atoms with Crippen LogP contribution in [0.15, 0.2) is 66.7 Å². The molecule has 0 spiro atoms. The van der Waals surface area contributed by atoms with Gasteiger partial charge in [0.25, 0.3) is 0 Å². The summed E-state index contributed by atoms with van der Waals surface area (Å²) in [5.74, 6) is 0.0832. The van der Waals surface area contributed by atoms with E-state index in [-0.39, 0.29) is 11.5 Å². The summed E-state index contributed by atoms with van der Waals surface area (Å²) in [6, 6.07) is 20.7. The highest BCUT2D eigenvalue weighted by atomic mass is 16.3. The first kappa shape index (κ1) is 16.4. The summed E-state index contributed by atoms with van der Waals surface area (Å²) in [4.78, 5) is 0. The molecule has 3 heteroatoms. The Hall–Kier alpha value is -3.04. The van der Waals surface area contributed by atoms with Crippen LogP contribution in [0.5, 0.6) is 11.5 Å². The zero-order valence-electron chi connectivity index (χ0n) is 14.7. The molecule has 4 aromatic carbocycles. The quantitative estimate of drug-likeness (QED) is 0.462. The summed E-state index contributed by atoms with van der Waals surface area (Å²) in [5.41, 5.74) is 0.319. The van der Waals surface area contributed by atoms with Crippen LogP contribution in [-0.2, 0) is 5.60 Å². The van der Waals surface area contributed by atoms with Gasteiger partial charge in [-0.25, -0.2) is 0 Å². The van der Waals surface area contributed by atoms with Crippen molar-refractivity contribution in [1.82, 2.24) is 0 Å². The molecule has 3 nitrogen and oxygen atoms in total. The van der Waals surface area contributed by atoms with Crippen LogP contribution in [0.1, 0.15) is 19.4 Å². The minimum Gasteiger partial charge on any atom is -0.507 e. The molecule has 0 aliphatic rings. The molecule has 0 amide bonds. The molecule has 0 aliphatic carbocycles. The third-order valence-electron chi connectivity index (χ3n) is 4.84. The van der Waals surface area contributed by atoms with Crippen LogP contribution in [0.3, 0.4) is 0 Å². The number of phenols is 2. The molecule has 26 heavy (non-hydrogen) atoms. The van der Waals surface area contributed by atoms with E-state index in [1.807, 2.05) is 54.6 Å². The summed E-state index contributed by atoms with van der Waals surface area (Å²) in [6.07, 6.45) is 0. The zero-order valence-corrected chi connectivity index (χ0v) is 14.7. The van der Waals surface area contributed by atoms with Crippen LogP contribution in [0.25, 0.3) is 32.7 Å². The molecule has 3 N–H and O–H groups in total. The second kappa shape index (κ2) is 5.75. The number of phenolic OH excluding ortho intramolecular Hbond substituents is 2. The van der Waals surface area contributed by atoms with Crippen molar-refractivity contribution in [1.29, 1.82) is 0 Å². The lowest BCUT2D eigenvalue weighted by Crippen LogP contribution is -2.16. The average Bonchev–Trinajstić information content (AvgIpc) is 2.61. The number of rotatable bonds is 2. The van der Waals surface area contributed by atoms with E-state index in [0.717, 1.165) is 21.5 Å². The van der Waals surface area contributed by atoms with Crippen LogP contribution in [0.2, 0.25) is 0 Å². The van der Waals surface area contributed by atoms with Gasteiger partial charge in [-0.1, -0.05) is 54.6 Å². The van der Waals surface area contributed by atoms with Crippen LogP contribution >= 0.6 is 0 Å². The van der Waals surface area contributed by atoms with Crippen molar-refractivity contribution in [3.8, 4) is 22.6 Å². The van der Waals surface area contributed by atoms with Gasteiger partial charge in [0.15, 0.2) is 0 Å². The molecule has 0 fully saturated rings. The summed E-state index contributed by atoms with van der Waals surface area (Å²) >= 11 is 0. The second-order valence-electron chi connectivity index (χ2n) is 7.11. The Morgan fingerprint density at radius 3 is 1.92 bits per heavy atom. The Balaban J connectivity index is 2.23. The molecule has 130 valence electrons. The first-order chi connectivity index (χ1) is 12.4. The number of fused-ring (bicyclic) bond motifs is 2. The van der Waals surface area contributed by atoms with Crippen molar-refractivity contribution >= 4 is 21.5 Å². The van der Waals surface area contributed by atoms with E-state index in [2.05, 4.69) is 0 Å². The fourth-order valence-corrected chi connectivity index (χ4v) is 3.58. The zero-order chi connectivity index (χ0) is 18.5. The highest BCUT2D eigenvalue weighted by Gasteiger charge is 2.26. The number of hydrogen-bond donors (Lipinski definition) is 3. The van der Waals surface area contributed by atoms with Gasteiger partial charge in [-0.05, 0) is 47.5 Å². The molecule has 0 saturated heterocycles. The molecule has 0 radical (unpaired) electrons. The number of benzene rings is 4. The van der Waals surface area contributed by atoms with Crippen molar-refractivity contribution in [3.05, 3.63) is 72.3 Å². The third kappa shape index (κ3) is 2.49. The van der Waals surface area contributed by atoms with Crippen molar-refractivity contribution in [3.63, 3.8) is 0 Å². The van der Waals surface area contributed by atoms with E-state index in [1.165, 1.54) is 0 Å². The Kier molecular flexibility index (Phi) is 3.63. The van der Waals surface area contributed by atoms with Crippen LogP contribution in [0.4, 0.5) is 0 Å². The van der Waals surface area contributed by atoms with Crippen LogP contribution < -0.4 is 0 Å². The normalized spacial score (nSPS) is 12.0. The first-order valence-electron chi connectivity index (χ1n) is 8.56. The maximum Gasteiger partial charge on any atom is 0.130 e. The summed E-state index contributed by atoms with van der Waals surface area (Å²) in [7, 11) is 0. The van der Waals surface area contributed by atoms with Gasteiger partial charge in [-0.3, -0.25) is 0 Å². The minimum absolute atomic E-state index is 0.0112. The summed E-state index contributed by atoms with van der Waals surface area (Å²) in [6.45, 7) is 3.28. The van der Waals surface area contributed by atoms with E-state index >= 15 is 0 Å². The topological polar surface area (TPSA) is 60.7 Å². The number of aliphatic hydroxyl groups is 1. The van der Waals surface area contributed by atoms with E-state index in [1.54, 1.807) is 26.0 Å². The molecule has 0 unspecified atom stereocenters. The summed E-state index contributed by atoms with van der Waals surface area (Å²) in [5, 5.41) is 35.9. The predicted molar refractivity (Wildman–Crippen MR) is 105 cm³/mol. The molecule has 0 aromatic heterocycles. The van der Waals surface area contributed by atoms with Gasteiger partial charge in [0.1, 0.15) is 11.5 Å². The Morgan fingerprint density at radius 1 is 0.692 bits per heavy atom. The van der Waals surface area contributed by atoms with Gasteiger partial charge in [-0.15, -0.1) is 0 Å². The van der Waals surface area contributed by atoms with Gasteiger partial charge >= 0.3 is 0 Å². The fraction of sp³-hybridized carbons (Fsp3) is 0.130. The molecule has 0 saturated carbocycles. The molecule has 4 rings (SSSR count). The molecule has 0 heterocycles. The molecular weight excluding hydrogens is 324 g/mol. The lowest BCUT2D eigenvalue weighted by Gasteiger charge is -2.23.